The van der Waals surface area contributed by atoms with Crippen LogP contribution in [0.2, 0.25) is 0 Å². The zero-order chi connectivity index (χ0) is 14.1. The monoisotopic (exact) mass is 429 g/mol. The molecule has 1 aliphatic heterocycles. The summed E-state index contributed by atoms with van der Waals surface area (Å²) in [5.74, 6) is 0. The van der Waals surface area contributed by atoms with Gasteiger partial charge in [-0.15, -0.1) is 67.1 Å². The second-order valence-corrected chi connectivity index (χ2v) is 5.04. The average Bonchev–Trinajstić information content (AvgIpc) is 3.25. The van der Waals surface area contributed by atoms with E-state index in [1.807, 2.05) is 30.4 Å². The van der Waals surface area contributed by atoms with Crippen LogP contribution in [0.5, 0.6) is 0 Å². The van der Waals surface area contributed by atoms with Gasteiger partial charge in [-0.2, -0.15) is 6.08 Å². The maximum atomic E-state index is 4.68. The number of nitrogens with zero attached hydrogens (tertiary/aromatic N) is 1. The van der Waals surface area contributed by atoms with Crippen LogP contribution in [0.3, 0.4) is 0 Å². The van der Waals surface area contributed by atoms with Gasteiger partial charge in [0.05, 0.1) is 5.69 Å². The first-order valence-corrected chi connectivity index (χ1v) is 7.06. The Hall–Kier alpha value is -1.21. The van der Waals surface area contributed by atoms with Gasteiger partial charge in [-0.3, -0.25) is 11.1 Å². The Kier molecular flexibility index (Phi) is 8.09. The summed E-state index contributed by atoms with van der Waals surface area (Å²) in [5.41, 5.74) is 7.03. The van der Waals surface area contributed by atoms with E-state index < -0.39 is 0 Å². The van der Waals surface area contributed by atoms with Crippen molar-refractivity contribution in [3.05, 3.63) is 89.5 Å². The fourth-order valence-electron chi connectivity index (χ4n) is 2.72. The number of para-hydroxylation sites is 1. The van der Waals surface area contributed by atoms with Gasteiger partial charge in [-0.1, -0.05) is 23.8 Å². The molecule has 0 unspecified atom stereocenters. The van der Waals surface area contributed by atoms with Crippen molar-refractivity contribution < 1.29 is 26.2 Å². The minimum absolute atomic E-state index is 0. The molecule has 0 saturated carbocycles. The molecule has 5 rings (SSSR count). The van der Waals surface area contributed by atoms with Crippen molar-refractivity contribution in [2.75, 3.05) is 0 Å². The van der Waals surface area contributed by atoms with Gasteiger partial charge in [0, 0.05) is 5.71 Å². The first-order valence-electron chi connectivity index (χ1n) is 7.06. The minimum atomic E-state index is 0. The quantitative estimate of drug-likeness (QED) is 0.480. The first-order chi connectivity index (χ1) is 10.4. The third-order valence-corrected chi connectivity index (χ3v) is 3.70. The summed E-state index contributed by atoms with van der Waals surface area (Å²) in [6, 6.07) is 17.6. The number of aliphatic imine (C=N–C) groups is 1. The van der Waals surface area contributed by atoms with Crippen LogP contribution in [-0.4, -0.2) is 5.71 Å². The topological polar surface area (TPSA) is 12.4 Å². The Morgan fingerprint density at radius 3 is 2.46 bits per heavy atom. The smallest absolute Gasteiger partial charge is 0.273 e. The first kappa shape index (κ1) is 20.8. The normalized spacial score (nSPS) is 13.7. The number of halogens is 2. The molecule has 0 aromatic heterocycles. The van der Waals surface area contributed by atoms with Gasteiger partial charge in [0.15, 0.2) is 0 Å². The molecule has 3 aliphatic rings. The number of fused-ring (bicyclic) bond motifs is 5. The van der Waals surface area contributed by atoms with Crippen LogP contribution in [0.4, 0.5) is 5.69 Å². The molecular formula is C20H15Cl2NZr. The number of benzene rings is 2. The van der Waals surface area contributed by atoms with Crippen molar-refractivity contribution in [1.29, 1.82) is 0 Å². The van der Waals surface area contributed by atoms with E-state index in [2.05, 4.69) is 53.6 Å². The minimum Gasteiger partial charge on any atom is -0.273 e. The van der Waals surface area contributed by atoms with Crippen molar-refractivity contribution in [3.8, 4) is 0 Å². The summed E-state index contributed by atoms with van der Waals surface area (Å²) in [7, 11) is 0. The molecule has 4 heteroatoms. The van der Waals surface area contributed by atoms with Crippen LogP contribution in [-0.2, 0) is 26.2 Å². The number of allylic oxidation sites excluding steroid dienone is 5. The molecule has 2 aliphatic carbocycles. The fraction of sp³-hybridized carbons (Fsp3) is 0.0500. The fourth-order valence-corrected chi connectivity index (χ4v) is 2.72. The van der Waals surface area contributed by atoms with E-state index >= 15 is 0 Å². The van der Waals surface area contributed by atoms with Crippen LogP contribution in [0.25, 0.3) is 11.6 Å². The van der Waals surface area contributed by atoms with E-state index in [-0.39, 0.29) is 51.0 Å². The van der Waals surface area contributed by atoms with E-state index in [1.54, 1.807) is 0 Å². The molecule has 0 spiro atoms. The van der Waals surface area contributed by atoms with Gasteiger partial charge >= 0.3 is 26.2 Å². The predicted octanol–water partition coefficient (Wildman–Crippen LogP) is 5.62. The number of rotatable bonds is 0. The number of hydrogen-bond acceptors (Lipinski definition) is 1. The molecule has 0 atom stereocenters. The zero-order valence-electron chi connectivity index (χ0n) is 12.8. The number of hydrogen-bond donors (Lipinski definition) is 0. The molecule has 2 aromatic carbocycles. The third kappa shape index (κ3) is 3.88. The average molecular weight is 431 g/mol. The molecule has 0 N–H and O–H groups in total. The van der Waals surface area contributed by atoms with Crippen molar-refractivity contribution in [1.82, 2.24) is 0 Å². The summed E-state index contributed by atoms with van der Waals surface area (Å²) in [6.45, 7) is 0. The van der Waals surface area contributed by atoms with Gasteiger partial charge in [0.25, 0.3) is 0 Å². The maximum Gasteiger partial charge on any atom is 2.00 e. The van der Waals surface area contributed by atoms with Gasteiger partial charge in [0.2, 0.25) is 0 Å². The van der Waals surface area contributed by atoms with Crippen LogP contribution in [0.15, 0.2) is 65.7 Å². The van der Waals surface area contributed by atoms with Crippen LogP contribution in [0.1, 0.15) is 23.1 Å². The van der Waals surface area contributed by atoms with Crippen LogP contribution < -0.4 is 0 Å². The van der Waals surface area contributed by atoms with Crippen molar-refractivity contribution >= 4 is 47.9 Å². The van der Waals surface area contributed by atoms with Gasteiger partial charge in [0.1, 0.15) is 0 Å². The SMILES string of the molecule is Cl.Cl.[C-]1=CC=CC1.[Zr+2].[c-]1cccc2c1C=C1C2=Nc2ccccc21. The van der Waals surface area contributed by atoms with E-state index in [4.69, 9.17) is 0 Å². The Morgan fingerprint density at radius 2 is 1.75 bits per heavy atom. The summed E-state index contributed by atoms with van der Waals surface area (Å²) >= 11 is 0. The zero-order valence-corrected chi connectivity index (χ0v) is 16.9. The molecular weight excluding hydrogens is 416 g/mol. The van der Waals surface area contributed by atoms with E-state index in [1.165, 1.54) is 16.7 Å². The van der Waals surface area contributed by atoms with Gasteiger partial charge < -0.3 is 0 Å². The molecule has 0 fully saturated rings. The summed E-state index contributed by atoms with van der Waals surface area (Å²) in [4.78, 5) is 4.68. The Balaban J connectivity index is 0.000000317. The van der Waals surface area contributed by atoms with Crippen LogP contribution in [0, 0.1) is 12.1 Å². The maximum absolute atomic E-state index is 4.68. The summed E-state index contributed by atoms with van der Waals surface area (Å²) < 4.78 is 0. The molecule has 0 saturated heterocycles. The summed E-state index contributed by atoms with van der Waals surface area (Å²) in [5, 5.41) is 0. The Morgan fingerprint density at radius 1 is 0.958 bits per heavy atom. The molecule has 118 valence electrons. The van der Waals surface area contributed by atoms with E-state index in [9.17, 15) is 0 Å². The summed E-state index contributed by atoms with van der Waals surface area (Å²) in [6.07, 6.45) is 12.2. The molecule has 0 bridgehead atoms. The second-order valence-electron chi connectivity index (χ2n) is 5.04. The predicted molar refractivity (Wildman–Crippen MR) is 102 cm³/mol. The Labute approximate surface area is 174 Å². The molecule has 1 heterocycles. The van der Waals surface area contributed by atoms with E-state index in [0.717, 1.165) is 23.4 Å². The molecule has 1 nitrogen and oxygen atoms in total. The molecule has 24 heavy (non-hydrogen) atoms. The van der Waals surface area contributed by atoms with Gasteiger partial charge in [-0.05, 0) is 17.2 Å². The van der Waals surface area contributed by atoms with Crippen molar-refractivity contribution in [2.45, 2.75) is 6.42 Å². The Bertz CT molecular complexity index is 766. The van der Waals surface area contributed by atoms with Crippen molar-refractivity contribution in [2.24, 2.45) is 4.99 Å². The van der Waals surface area contributed by atoms with Crippen molar-refractivity contribution in [3.63, 3.8) is 0 Å². The molecule has 0 radical (unpaired) electrons. The standard InChI is InChI=1S/C15H8N.C5H5.2ClH.Zr/c1-2-6-11-10(5-1)9-13-12-7-3-4-8-14(12)16-15(11)13;1-2-4-5-3-1;;;/h1-4,6-9H;1-3H,4H2;2*1H;/q2*-1;;;+2. The molecule has 0 amide bonds. The second kappa shape index (κ2) is 9.32. The largest absolute Gasteiger partial charge is 2.00 e. The molecule has 2 aromatic rings. The van der Waals surface area contributed by atoms with E-state index in [0.29, 0.717) is 0 Å². The third-order valence-electron chi connectivity index (χ3n) is 3.70. The van der Waals surface area contributed by atoms with Gasteiger partial charge in [-0.25, -0.2) is 12.2 Å². The van der Waals surface area contributed by atoms with Crippen LogP contribution >= 0.6 is 24.8 Å².